The van der Waals surface area contributed by atoms with Crippen molar-refractivity contribution in [2.75, 3.05) is 46.3 Å². The lowest BCUT2D eigenvalue weighted by atomic mass is 10.2. The molecular weight excluding hydrogens is 289 g/mol. The van der Waals surface area contributed by atoms with Crippen molar-refractivity contribution in [1.29, 1.82) is 0 Å². The highest BCUT2D eigenvalue weighted by molar-refractivity contribution is 5.85. The number of nitrogens with one attached hydrogen (secondary N) is 1. The number of nitrogens with zero attached hydrogens (tertiary/aromatic N) is 2. The van der Waals surface area contributed by atoms with Crippen molar-refractivity contribution in [1.82, 2.24) is 15.1 Å². The van der Waals surface area contributed by atoms with Crippen molar-refractivity contribution < 1.29 is 9.53 Å². The molecule has 19 heavy (non-hydrogen) atoms. The molecule has 0 aromatic rings. The predicted molar refractivity (Wildman–Crippen MR) is 82.7 cm³/mol. The fourth-order valence-corrected chi connectivity index (χ4v) is 1.75. The molecule has 1 saturated heterocycles. The van der Waals surface area contributed by atoms with Crippen molar-refractivity contribution in [3.05, 3.63) is 0 Å². The highest BCUT2D eigenvalue weighted by atomic mass is 35.5. The Morgan fingerprint density at radius 3 is 2.11 bits per heavy atom. The minimum atomic E-state index is -0.402. The van der Waals surface area contributed by atoms with E-state index in [1.807, 2.05) is 27.8 Å². The summed E-state index contributed by atoms with van der Waals surface area (Å²) in [6.07, 6.45) is -0.189. The monoisotopic (exact) mass is 315 g/mol. The van der Waals surface area contributed by atoms with E-state index in [0.717, 1.165) is 39.3 Å². The van der Waals surface area contributed by atoms with Crippen LogP contribution >= 0.6 is 24.8 Å². The first-order valence-electron chi connectivity index (χ1n) is 6.27. The average molecular weight is 316 g/mol. The van der Waals surface area contributed by atoms with Crippen LogP contribution in [0.3, 0.4) is 0 Å². The summed E-state index contributed by atoms with van der Waals surface area (Å²) in [6, 6.07) is 0. The first-order valence-corrected chi connectivity index (χ1v) is 6.27. The predicted octanol–water partition coefficient (Wildman–Crippen LogP) is 1.60. The van der Waals surface area contributed by atoms with Crippen LogP contribution in [0.1, 0.15) is 20.8 Å². The normalized spacial score (nSPS) is 16.3. The van der Waals surface area contributed by atoms with Crippen LogP contribution in [0.5, 0.6) is 0 Å². The Labute approximate surface area is 128 Å². The molecule has 0 atom stereocenters. The lowest BCUT2D eigenvalue weighted by Gasteiger charge is -2.35. The molecule has 0 saturated carbocycles. The molecule has 0 aromatic heterocycles. The van der Waals surface area contributed by atoms with Gasteiger partial charge < -0.3 is 15.0 Å². The van der Waals surface area contributed by atoms with E-state index < -0.39 is 5.60 Å². The Balaban J connectivity index is 0. The SMILES string of the molecule is CNCCN1CCN(C(=O)OC(C)(C)C)CC1.Cl.Cl. The second-order valence-electron chi connectivity index (χ2n) is 5.41. The van der Waals surface area contributed by atoms with Gasteiger partial charge in [-0.1, -0.05) is 0 Å². The highest BCUT2D eigenvalue weighted by Gasteiger charge is 2.25. The molecule has 1 aliphatic rings. The lowest BCUT2D eigenvalue weighted by Crippen LogP contribution is -2.51. The number of rotatable bonds is 3. The van der Waals surface area contributed by atoms with Gasteiger partial charge in [-0.05, 0) is 27.8 Å². The zero-order valence-electron chi connectivity index (χ0n) is 12.3. The lowest BCUT2D eigenvalue weighted by molar-refractivity contribution is 0.0146. The molecular formula is C12H27Cl2N3O2. The van der Waals surface area contributed by atoms with E-state index in [4.69, 9.17) is 4.74 Å². The number of hydrogen-bond acceptors (Lipinski definition) is 4. The van der Waals surface area contributed by atoms with Gasteiger partial charge >= 0.3 is 6.09 Å². The summed E-state index contributed by atoms with van der Waals surface area (Å²) in [5.74, 6) is 0. The van der Waals surface area contributed by atoms with Gasteiger partial charge in [0.05, 0.1) is 0 Å². The molecule has 5 nitrogen and oxygen atoms in total. The van der Waals surface area contributed by atoms with Gasteiger partial charge in [-0.15, -0.1) is 24.8 Å². The maximum atomic E-state index is 11.8. The molecule has 7 heteroatoms. The van der Waals surface area contributed by atoms with Crippen molar-refractivity contribution >= 4 is 30.9 Å². The van der Waals surface area contributed by atoms with E-state index >= 15 is 0 Å². The van der Waals surface area contributed by atoms with Crippen LogP contribution in [-0.2, 0) is 4.74 Å². The Bertz CT molecular complexity index is 252. The van der Waals surface area contributed by atoms with Crippen molar-refractivity contribution in [2.24, 2.45) is 0 Å². The minimum absolute atomic E-state index is 0. The molecule has 0 aliphatic carbocycles. The van der Waals surface area contributed by atoms with Crippen LogP contribution in [0.2, 0.25) is 0 Å². The van der Waals surface area contributed by atoms with Gasteiger partial charge in [-0.2, -0.15) is 0 Å². The van der Waals surface area contributed by atoms with E-state index in [1.165, 1.54) is 0 Å². The standard InChI is InChI=1S/C12H25N3O2.2ClH/c1-12(2,3)17-11(16)15-9-7-14(8-10-15)6-5-13-4;;/h13H,5-10H2,1-4H3;2*1H. The fraction of sp³-hybridized carbons (Fsp3) is 0.917. The topological polar surface area (TPSA) is 44.8 Å². The zero-order chi connectivity index (χ0) is 12.9. The molecule has 1 rings (SSSR count). The van der Waals surface area contributed by atoms with Crippen molar-refractivity contribution in [2.45, 2.75) is 26.4 Å². The van der Waals surface area contributed by atoms with E-state index in [1.54, 1.807) is 4.90 Å². The Kier molecular flexibility index (Phi) is 10.7. The summed E-state index contributed by atoms with van der Waals surface area (Å²) in [5, 5.41) is 3.13. The number of piperazine rings is 1. The maximum Gasteiger partial charge on any atom is 0.410 e. The van der Waals surface area contributed by atoms with Gasteiger partial charge in [0.2, 0.25) is 0 Å². The smallest absolute Gasteiger partial charge is 0.410 e. The summed E-state index contributed by atoms with van der Waals surface area (Å²) in [7, 11) is 1.96. The van der Waals surface area contributed by atoms with E-state index in [9.17, 15) is 4.79 Å². The molecule has 1 heterocycles. The average Bonchev–Trinajstić information content (AvgIpc) is 2.24. The van der Waals surface area contributed by atoms with E-state index in [0.29, 0.717) is 0 Å². The van der Waals surface area contributed by atoms with Gasteiger partial charge in [-0.3, -0.25) is 4.90 Å². The number of likely N-dealkylation sites (N-methyl/N-ethyl adjacent to an activating group) is 1. The number of hydrogen-bond donors (Lipinski definition) is 1. The van der Waals surface area contributed by atoms with Gasteiger partial charge in [0.25, 0.3) is 0 Å². The van der Waals surface area contributed by atoms with Crippen LogP contribution in [0.4, 0.5) is 4.79 Å². The molecule has 1 fully saturated rings. The first-order chi connectivity index (χ1) is 7.92. The molecule has 1 aliphatic heterocycles. The van der Waals surface area contributed by atoms with E-state index in [2.05, 4.69) is 10.2 Å². The number of carbonyl (C=O) groups excluding carboxylic acids is 1. The number of halogens is 2. The highest BCUT2D eigenvalue weighted by Crippen LogP contribution is 2.11. The third-order valence-corrected chi connectivity index (χ3v) is 2.70. The molecule has 0 unspecified atom stereocenters. The van der Waals surface area contributed by atoms with Crippen molar-refractivity contribution in [3.63, 3.8) is 0 Å². The van der Waals surface area contributed by atoms with Crippen LogP contribution in [-0.4, -0.2) is 67.8 Å². The van der Waals surface area contributed by atoms with Crippen molar-refractivity contribution in [3.8, 4) is 0 Å². The van der Waals surface area contributed by atoms with Gasteiger partial charge in [0.15, 0.2) is 0 Å². The summed E-state index contributed by atoms with van der Waals surface area (Å²) >= 11 is 0. The maximum absolute atomic E-state index is 11.8. The molecule has 0 bridgehead atoms. The van der Waals surface area contributed by atoms with Gasteiger partial charge in [0, 0.05) is 39.3 Å². The molecule has 116 valence electrons. The summed E-state index contributed by atoms with van der Waals surface area (Å²) in [4.78, 5) is 16.0. The van der Waals surface area contributed by atoms with E-state index in [-0.39, 0.29) is 30.9 Å². The number of ether oxygens (including phenoxy) is 1. The van der Waals surface area contributed by atoms with Gasteiger partial charge in [-0.25, -0.2) is 4.79 Å². The number of amides is 1. The largest absolute Gasteiger partial charge is 0.444 e. The molecule has 0 spiro atoms. The molecule has 1 N–H and O–H groups in total. The fourth-order valence-electron chi connectivity index (χ4n) is 1.75. The minimum Gasteiger partial charge on any atom is -0.444 e. The second-order valence-corrected chi connectivity index (χ2v) is 5.41. The van der Waals surface area contributed by atoms with Crippen LogP contribution in [0.15, 0.2) is 0 Å². The Morgan fingerprint density at radius 2 is 1.68 bits per heavy atom. The van der Waals surface area contributed by atoms with Crippen LogP contribution in [0.25, 0.3) is 0 Å². The van der Waals surface area contributed by atoms with Gasteiger partial charge in [0.1, 0.15) is 5.60 Å². The Hall–Kier alpha value is -0.230. The Morgan fingerprint density at radius 1 is 1.16 bits per heavy atom. The third-order valence-electron chi connectivity index (χ3n) is 2.70. The zero-order valence-corrected chi connectivity index (χ0v) is 13.9. The number of carbonyl (C=O) groups is 1. The molecule has 0 radical (unpaired) electrons. The summed E-state index contributed by atoms with van der Waals surface area (Å²) in [5.41, 5.74) is -0.402. The van der Waals surface area contributed by atoms with Crippen LogP contribution in [0, 0.1) is 0 Å². The quantitative estimate of drug-likeness (QED) is 0.859. The first kappa shape index (κ1) is 21.1. The summed E-state index contributed by atoms with van der Waals surface area (Å²) < 4.78 is 5.35. The second kappa shape index (κ2) is 9.64. The summed E-state index contributed by atoms with van der Waals surface area (Å²) in [6.45, 7) is 11.1. The molecule has 1 amide bonds. The third kappa shape index (κ3) is 8.52. The van der Waals surface area contributed by atoms with Crippen LogP contribution < -0.4 is 5.32 Å². The molecule has 0 aromatic carbocycles.